The zero-order valence-electron chi connectivity index (χ0n) is 12.0. The highest BCUT2D eigenvalue weighted by Gasteiger charge is 2.26. The number of ether oxygens (including phenoxy) is 1. The van der Waals surface area contributed by atoms with Crippen molar-refractivity contribution in [2.45, 2.75) is 26.2 Å². The number of benzene rings is 1. The topological polar surface area (TPSA) is 55.6 Å². The zero-order valence-corrected chi connectivity index (χ0v) is 12.0. The fourth-order valence-electron chi connectivity index (χ4n) is 2.30. The lowest BCUT2D eigenvalue weighted by atomic mass is 10.1. The fraction of sp³-hybridized carbons (Fsp3) is 0.533. The molecular weight excluding hydrogens is 259 g/mol. The summed E-state index contributed by atoms with van der Waals surface area (Å²) in [4.78, 5) is 13.7. The first-order valence-electron chi connectivity index (χ1n) is 6.99. The molecule has 0 atom stereocenters. The number of rotatable bonds is 6. The van der Waals surface area contributed by atoms with E-state index in [4.69, 9.17) is 5.73 Å². The summed E-state index contributed by atoms with van der Waals surface area (Å²) in [6.45, 7) is 3.64. The highest BCUT2D eigenvalue weighted by molar-refractivity contribution is 5.96. The van der Waals surface area contributed by atoms with E-state index in [0.717, 1.165) is 19.5 Å². The molecule has 1 aliphatic rings. The van der Waals surface area contributed by atoms with Crippen LogP contribution in [0.2, 0.25) is 0 Å². The normalized spacial score (nSPS) is 14.2. The van der Waals surface area contributed by atoms with Gasteiger partial charge in [-0.15, -0.1) is 0 Å². The molecule has 1 aromatic carbocycles. The second-order valence-corrected chi connectivity index (χ2v) is 5.27. The Hall–Kier alpha value is -1.78. The van der Waals surface area contributed by atoms with Crippen molar-refractivity contribution in [3.05, 3.63) is 23.5 Å². The molecule has 0 aliphatic heterocycles. The van der Waals surface area contributed by atoms with Gasteiger partial charge in [-0.2, -0.15) is 0 Å². The summed E-state index contributed by atoms with van der Waals surface area (Å²) in [6.07, 6.45) is 3.31. The summed E-state index contributed by atoms with van der Waals surface area (Å²) in [6, 6.07) is 2.71. The van der Waals surface area contributed by atoms with Crippen LogP contribution >= 0.6 is 0 Å². The molecule has 20 heavy (non-hydrogen) atoms. The summed E-state index contributed by atoms with van der Waals surface area (Å²) < 4.78 is 18.9. The predicted molar refractivity (Wildman–Crippen MR) is 77.4 cm³/mol. The third-order valence-corrected chi connectivity index (χ3v) is 3.53. The largest absolute Gasteiger partial charge is 0.465 e. The van der Waals surface area contributed by atoms with E-state index in [1.807, 2.05) is 4.90 Å². The average molecular weight is 280 g/mol. The number of esters is 1. The summed E-state index contributed by atoms with van der Waals surface area (Å²) >= 11 is 0. The highest BCUT2D eigenvalue weighted by Crippen LogP contribution is 2.33. The molecule has 0 unspecified atom stereocenters. The Morgan fingerprint density at radius 2 is 2.20 bits per heavy atom. The third-order valence-electron chi connectivity index (χ3n) is 3.53. The number of hydrogen-bond acceptors (Lipinski definition) is 4. The van der Waals surface area contributed by atoms with Crippen LogP contribution in [0.3, 0.4) is 0 Å². The molecule has 1 aromatic rings. The average Bonchev–Trinajstić information content (AvgIpc) is 3.22. The van der Waals surface area contributed by atoms with Crippen molar-refractivity contribution in [3.63, 3.8) is 0 Å². The first-order valence-corrected chi connectivity index (χ1v) is 6.99. The van der Waals surface area contributed by atoms with E-state index in [1.165, 1.54) is 32.1 Å². The van der Waals surface area contributed by atoms with Crippen molar-refractivity contribution in [2.24, 2.45) is 5.92 Å². The highest BCUT2D eigenvalue weighted by atomic mass is 19.1. The van der Waals surface area contributed by atoms with Gasteiger partial charge >= 0.3 is 5.97 Å². The number of carbonyl (C=O) groups excluding carboxylic acids is 1. The van der Waals surface area contributed by atoms with Gasteiger partial charge in [0.25, 0.3) is 0 Å². The SMILES string of the molecule is CCCN(CC1CC1)c1cc(C(=O)OC)c(N)cc1F. The van der Waals surface area contributed by atoms with E-state index in [0.29, 0.717) is 11.6 Å². The Bertz CT molecular complexity index is 501. The van der Waals surface area contributed by atoms with Crippen LogP contribution in [0.5, 0.6) is 0 Å². The first kappa shape index (κ1) is 14.6. The van der Waals surface area contributed by atoms with Crippen LogP contribution in [-0.2, 0) is 4.74 Å². The number of methoxy groups -OCH3 is 1. The van der Waals surface area contributed by atoms with Gasteiger partial charge in [-0.25, -0.2) is 9.18 Å². The molecule has 0 saturated heterocycles. The number of carbonyl (C=O) groups is 1. The van der Waals surface area contributed by atoms with Gasteiger partial charge < -0.3 is 15.4 Å². The van der Waals surface area contributed by atoms with Gasteiger partial charge in [0, 0.05) is 18.8 Å². The maximum atomic E-state index is 14.2. The van der Waals surface area contributed by atoms with E-state index in [9.17, 15) is 9.18 Å². The molecule has 2 N–H and O–H groups in total. The molecule has 0 aromatic heterocycles. The lowest BCUT2D eigenvalue weighted by Gasteiger charge is -2.25. The molecule has 2 rings (SSSR count). The first-order chi connectivity index (χ1) is 9.56. The molecule has 110 valence electrons. The molecule has 1 fully saturated rings. The van der Waals surface area contributed by atoms with Crippen molar-refractivity contribution in [1.29, 1.82) is 0 Å². The standard InChI is InChI=1S/C15H21FN2O2/c1-3-6-18(9-10-4-5-10)14-7-11(15(19)20-2)13(17)8-12(14)16/h7-8,10H,3-6,9,17H2,1-2H3. The number of hydrogen-bond donors (Lipinski definition) is 1. The molecule has 0 spiro atoms. The molecule has 0 heterocycles. The van der Waals surface area contributed by atoms with Crippen LogP contribution in [-0.4, -0.2) is 26.2 Å². The predicted octanol–water partition coefficient (Wildman–Crippen LogP) is 2.82. The smallest absolute Gasteiger partial charge is 0.340 e. The van der Waals surface area contributed by atoms with E-state index in [-0.39, 0.29) is 17.1 Å². The van der Waals surface area contributed by atoms with Crippen LogP contribution < -0.4 is 10.6 Å². The van der Waals surface area contributed by atoms with Gasteiger partial charge in [0.15, 0.2) is 0 Å². The summed E-state index contributed by atoms with van der Waals surface area (Å²) in [5.74, 6) is -0.282. The van der Waals surface area contributed by atoms with Crippen molar-refractivity contribution in [3.8, 4) is 0 Å². The van der Waals surface area contributed by atoms with Gasteiger partial charge in [-0.1, -0.05) is 6.92 Å². The van der Waals surface area contributed by atoms with E-state index in [2.05, 4.69) is 11.7 Å². The molecule has 0 bridgehead atoms. The maximum Gasteiger partial charge on any atom is 0.340 e. The number of nitrogens with zero attached hydrogens (tertiary/aromatic N) is 1. The maximum absolute atomic E-state index is 14.2. The van der Waals surface area contributed by atoms with Gasteiger partial charge in [-0.05, 0) is 37.3 Å². The Balaban J connectivity index is 2.33. The zero-order chi connectivity index (χ0) is 14.7. The van der Waals surface area contributed by atoms with Gasteiger partial charge in [0.2, 0.25) is 0 Å². The quantitative estimate of drug-likeness (QED) is 0.643. The van der Waals surface area contributed by atoms with Crippen LogP contribution in [0.4, 0.5) is 15.8 Å². The van der Waals surface area contributed by atoms with Crippen LogP contribution in [0.25, 0.3) is 0 Å². The van der Waals surface area contributed by atoms with Crippen LogP contribution in [0.15, 0.2) is 12.1 Å². The van der Waals surface area contributed by atoms with Crippen molar-refractivity contribution in [2.75, 3.05) is 30.8 Å². The van der Waals surface area contributed by atoms with Crippen LogP contribution in [0.1, 0.15) is 36.5 Å². The van der Waals surface area contributed by atoms with Gasteiger partial charge in [0.1, 0.15) is 5.82 Å². The number of anilines is 2. The Morgan fingerprint density at radius 1 is 1.50 bits per heavy atom. The molecular formula is C15H21FN2O2. The Kier molecular flexibility index (Phi) is 4.47. The van der Waals surface area contributed by atoms with Crippen molar-refractivity contribution < 1.29 is 13.9 Å². The summed E-state index contributed by atoms with van der Waals surface area (Å²) in [7, 11) is 1.29. The molecule has 0 amide bonds. The number of nitrogens with two attached hydrogens (primary N) is 1. The third kappa shape index (κ3) is 3.21. The Labute approximate surface area is 118 Å². The monoisotopic (exact) mass is 280 g/mol. The minimum absolute atomic E-state index is 0.112. The van der Waals surface area contributed by atoms with Crippen LogP contribution in [0, 0.1) is 11.7 Å². The summed E-state index contributed by atoms with van der Waals surface area (Å²) in [5, 5.41) is 0. The fourth-order valence-corrected chi connectivity index (χ4v) is 2.30. The molecule has 1 saturated carbocycles. The number of halogens is 1. The van der Waals surface area contributed by atoms with E-state index < -0.39 is 5.97 Å². The molecule has 4 nitrogen and oxygen atoms in total. The molecule has 5 heteroatoms. The second-order valence-electron chi connectivity index (χ2n) is 5.27. The van der Waals surface area contributed by atoms with Gasteiger partial charge in [0.05, 0.1) is 18.4 Å². The lowest BCUT2D eigenvalue weighted by Crippen LogP contribution is -2.28. The lowest BCUT2D eigenvalue weighted by molar-refractivity contribution is 0.0602. The molecule has 1 aliphatic carbocycles. The van der Waals surface area contributed by atoms with Gasteiger partial charge in [-0.3, -0.25) is 0 Å². The summed E-state index contributed by atoms with van der Waals surface area (Å²) in [5.41, 5.74) is 6.47. The van der Waals surface area contributed by atoms with Crippen molar-refractivity contribution in [1.82, 2.24) is 0 Å². The van der Waals surface area contributed by atoms with Crippen molar-refractivity contribution >= 4 is 17.3 Å². The van der Waals surface area contributed by atoms with E-state index in [1.54, 1.807) is 0 Å². The van der Waals surface area contributed by atoms with E-state index >= 15 is 0 Å². The minimum Gasteiger partial charge on any atom is -0.465 e. The number of nitrogen functional groups attached to an aromatic ring is 1. The second kappa shape index (κ2) is 6.11. The molecule has 0 radical (unpaired) electrons. The Morgan fingerprint density at radius 3 is 2.75 bits per heavy atom. The minimum atomic E-state index is -0.536.